The summed E-state index contributed by atoms with van der Waals surface area (Å²) >= 11 is 1.88. The third-order valence-corrected chi connectivity index (χ3v) is 3.00. The SMILES string of the molecule is CSCCCc1[nH]cc[n+]1CCCC#N. The highest BCUT2D eigenvalue weighted by Gasteiger charge is 2.08. The van der Waals surface area contributed by atoms with Crippen LogP contribution in [0.3, 0.4) is 0 Å². The van der Waals surface area contributed by atoms with E-state index in [9.17, 15) is 0 Å². The molecule has 0 aliphatic heterocycles. The molecule has 1 N–H and O–H groups in total. The highest BCUT2D eigenvalue weighted by molar-refractivity contribution is 7.98. The van der Waals surface area contributed by atoms with E-state index in [-0.39, 0.29) is 0 Å². The Morgan fingerprint density at radius 3 is 3.13 bits per heavy atom. The summed E-state index contributed by atoms with van der Waals surface area (Å²) in [5, 5.41) is 8.47. The second-order valence-corrected chi connectivity index (χ2v) is 4.44. The van der Waals surface area contributed by atoms with E-state index >= 15 is 0 Å². The molecular formula is C11H18N3S+. The van der Waals surface area contributed by atoms with Gasteiger partial charge in [-0.15, -0.1) is 0 Å². The fraction of sp³-hybridized carbons (Fsp3) is 0.636. The number of aromatic amines is 1. The maximum atomic E-state index is 8.47. The van der Waals surface area contributed by atoms with Crippen LogP contribution >= 0.6 is 11.8 Å². The Morgan fingerprint density at radius 2 is 2.40 bits per heavy atom. The Bertz CT molecular complexity index is 314. The Labute approximate surface area is 95.5 Å². The molecular weight excluding hydrogens is 206 g/mol. The molecule has 1 aromatic heterocycles. The Morgan fingerprint density at radius 1 is 1.53 bits per heavy atom. The summed E-state index contributed by atoms with van der Waals surface area (Å²) in [6.07, 6.45) is 10.1. The molecule has 1 heterocycles. The predicted molar refractivity (Wildman–Crippen MR) is 62.5 cm³/mol. The highest BCUT2D eigenvalue weighted by Crippen LogP contribution is 2.00. The lowest BCUT2D eigenvalue weighted by atomic mass is 10.3. The van der Waals surface area contributed by atoms with E-state index in [1.165, 1.54) is 18.0 Å². The minimum atomic E-state index is 0.641. The van der Waals surface area contributed by atoms with Crippen LogP contribution in [0.15, 0.2) is 12.4 Å². The minimum absolute atomic E-state index is 0.641. The number of imidazole rings is 1. The van der Waals surface area contributed by atoms with Gasteiger partial charge in [0.25, 0.3) is 5.82 Å². The standard InChI is InChI=1S/C11H17N3S/c1-15-10-4-5-11-13-7-9-14(11)8-3-2-6-12/h7,9H,2-5,8,10H2,1H3/p+1. The van der Waals surface area contributed by atoms with Gasteiger partial charge in [-0.25, -0.2) is 9.55 Å². The van der Waals surface area contributed by atoms with E-state index < -0.39 is 0 Å². The molecule has 0 spiro atoms. The number of nitriles is 1. The van der Waals surface area contributed by atoms with Crippen LogP contribution in [0.1, 0.15) is 25.1 Å². The molecule has 0 saturated heterocycles. The molecule has 0 aliphatic carbocycles. The topological polar surface area (TPSA) is 43.5 Å². The molecule has 0 fully saturated rings. The van der Waals surface area contributed by atoms with E-state index in [1.54, 1.807) is 0 Å². The first kappa shape index (κ1) is 12.1. The molecule has 0 unspecified atom stereocenters. The molecule has 82 valence electrons. The molecule has 0 aliphatic rings. The van der Waals surface area contributed by atoms with Crippen LogP contribution in [0, 0.1) is 11.3 Å². The lowest BCUT2D eigenvalue weighted by Crippen LogP contribution is -2.36. The molecule has 0 atom stereocenters. The normalized spacial score (nSPS) is 10.1. The predicted octanol–water partition coefficient (Wildman–Crippen LogP) is 1.90. The summed E-state index contributed by atoms with van der Waals surface area (Å²) in [5.41, 5.74) is 0. The smallest absolute Gasteiger partial charge is 0.248 e. The average Bonchev–Trinajstić information content (AvgIpc) is 2.67. The van der Waals surface area contributed by atoms with Crippen LogP contribution in [0.25, 0.3) is 0 Å². The van der Waals surface area contributed by atoms with Gasteiger partial charge in [0, 0.05) is 12.8 Å². The van der Waals surface area contributed by atoms with Crippen molar-refractivity contribution in [3.8, 4) is 6.07 Å². The fourth-order valence-electron chi connectivity index (χ4n) is 1.53. The number of H-pyrrole nitrogens is 1. The van der Waals surface area contributed by atoms with Gasteiger partial charge >= 0.3 is 0 Å². The number of thioether (sulfide) groups is 1. The monoisotopic (exact) mass is 224 g/mol. The van der Waals surface area contributed by atoms with Gasteiger partial charge in [0.15, 0.2) is 0 Å². The van der Waals surface area contributed by atoms with Crippen molar-refractivity contribution in [1.82, 2.24) is 4.98 Å². The van der Waals surface area contributed by atoms with Crippen molar-refractivity contribution < 1.29 is 4.57 Å². The van der Waals surface area contributed by atoms with Gasteiger partial charge in [0.05, 0.1) is 12.6 Å². The van der Waals surface area contributed by atoms with Crippen LogP contribution in [0.4, 0.5) is 0 Å². The van der Waals surface area contributed by atoms with Gasteiger partial charge in [-0.05, 0) is 24.9 Å². The second kappa shape index (κ2) is 7.36. The lowest BCUT2D eigenvalue weighted by Gasteiger charge is -1.98. The van der Waals surface area contributed by atoms with Gasteiger partial charge < -0.3 is 0 Å². The molecule has 1 rings (SSSR count). The molecule has 15 heavy (non-hydrogen) atoms. The van der Waals surface area contributed by atoms with E-state index in [0.29, 0.717) is 6.42 Å². The van der Waals surface area contributed by atoms with Crippen molar-refractivity contribution in [3.63, 3.8) is 0 Å². The van der Waals surface area contributed by atoms with Gasteiger partial charge in [-0.1, -0.05) is 0 Å². The summed E-state index contributed by atoms with van der Waals surface area (Å²) in [5.74, 6) is 2.49. The molecule has 1 aromatic rings. The van der Waals surface area contributed by atoms with Crippen molar-refractivity contribution in [3.05, 3.63) is 18.2 Å². The summed E-state index contributed by atoms with van der Waals surface area (Å²) in [6, 6.07) is 2.18. The van der Waals surface area contributed by atoms with E-state index in [1.807, 2.05) is 18.0 Å². The van der Waals surface area contributed by atoms with Crippen molar-refractivity contribution in [2.75, 3.05) is 12.0 Å². The molecule has 4 heteroatoms. The Kier molecular flexibility index (Phi) is 5.94. The van der Waals surface area contributed by atoms with E-state index in [4.69, 9.17) is 5.26 Å². The summed E-state index contributed by atoms with van der Waals surface area (Å²) in [7, 11) is 0. The van der Waals surface area contributed by atoms with Crippen LogP contribution < -0.4 is 4.57 Å². The molecule has 0 radical (unpaired) electrons. The summed E-state index contributed by atoms with van der Waals surface area (Å²) in [6.45, 7) is 0.950. The van der Waals surface area contributed by atoms with Crippen LogP contribution in [-0.2, 0) is 13.0 Å². The maximum absolute atomic E-state index is 8.47. The van der Waals surface area contributed by atoms with E-state index in [2.05, 4.69) is 28.1 Å². The molecule has 0 amide bonds. The van der Waals surface area contributed by atoms with Crippen LogP contribution in [0.2, 0.25) is 0 Å². The minimum Gasteiger partial charge on any atom is -0.248 e. The number of aromatic nitrogens is 2. The van der Waals surface area contributed by atoms with Crippen molar-refractivity contribution in [1.29, 1.82) is 5.26 Å². The van der Waals surface area contributed by atoms with Crippen LogP contribution in [-0.4, -0.2) is 17.0 Å². The fourth-order valence-corrected chi connectivity index (χ4v) is 1.97. The molecule has 0 bridgehead atoms. The Balaban J connectivity index is 2.36. The molecule has 3 nitrogen and oxygen atoms in total. The number of nitrogens with one attached hydrogen (secondary N) is 1. The number of hydrogen-bond donors (Lipinski definition) is 1. The van der Waals surface area contributed by atoms with Crippen molar-refractivity contribution >= 4 is 11.8 Å². The van der Waals surface area contributed by atoms with Gasteiger partial charge in [0.1, 0.15) is 12.4 Å². The second-order valence-electron chi connectivity index (χ2n) is 3.46. The van der Waals surface area contributed by atoms with Crippen molar-refractivity contribution in [2.45, 2.75) is 32.2 Å². The molecule has 0 aromatic carbocycles. The third-order valence-electron chi connectivity index (χ3n) is 2.30. The number of nitrogens with zero attached hydrogens (tertiary/aromatic N) is 2. The Hall–Kier alpha value is -0.950. The zero-order valence-corrected chi connectivity index (χ0v) is 10.0. The first-order valence-electron chi connectivity index (χ1n) is 5.30. The maximum Gasteiger partial charge on any atom is 0.254 e. The van der Waals surface area contributed by atoms with E-state index in [0.717, 1.165) is 19.4 Å². The zero-order valence-electron chi connectivity index (χ0n) is 9.20. The van der Waals surface area contributed by atoms with Gasteiger partial charge in [-0.2, -0.15) is 17.0 Å². The lowest BCUT2D eigenvalue weighted by molar-refractivity contribution is -0.703. The highest BCUT2D eigenvalue weighted by atomic mass is 32.2. The average molecular weight is 224 g/mol. The first-order valence-corrected chi connectivity index (χ1v) is 6.69. The summed E-state index contributed by atoms with van der Waals surface area (Å²) < 4.78 is 2.22. The largest absolute Gasteiger partial charge is 0.254 e. The quantitative estimate of drug-likeness (QED) is 0.568. The number of hydrogen-bond acceptors (Lipinski definition) is 2. The number of aryl methyl sites for hydroxylation is 2. The number of rotatable bonds is 7. The zero-order chi connectivity index (χ0) is 10.9. The first-order chi connectivity index (χ1) is 7.38. The van der Waals surface area contributed by atoms with Crippen LogP contribution in [0.5, 0.6) is 0 Å². The van der Waals surface area contributed by atoms with Gasteiger partial charge in [0.2, 0.25) is 0 Å². The number of unbranched alkanes of at least 4 members (excludes halogenated alkanes) is 1. The van der Waals surface area contributed by atoms with Gasteiger partial charge in [-0.3, -0.25) is 0 Å². The van der Waals surface area contributed by atoms with Crippen molar-refractivity contribution in [2.24, 2.45) is 0 Å². The third kappa shape index (κ3) is 4.39. The molecule has 0 saturated carbocycles. The summed E-state index contributed by atoms with van der Waals surface area (Å²) in [4.78, 5) is 3.26.